The summed E-state index contributed by atoms with van der Waals surface area (Å²) in [5.41, 5.74) is 1.48. The first-order chi connectivity index (χ1) is 12.1. The summed E-state index contributed by atoms with van der Waals surface area (Å²) < 4.78 is 15.8. The molecule has 0 unspecified atom stereocenters. The molecule has 0 atom stereocenters. The van der Waals surface area contributed by atoms with Crippen molar-refractivity contribution in [3.05, 3.63) is 41.4 Å². The summed E-state index contributed by atoms with van der Waals surface area (Å²) in [5, 5.41) is 6.66. The lowest BCUT2D eigenvalue weighted by Gasteiger charge is -2.14. The predicted octanol–water partition coefficient (Wildman–Crippen LogP) is 3.81. The van der Waals surface area contributed by atoms with Crippen molar-refractivity contribution in [1.82, 2.24) is 0 Å². The van der Waals surface area contributed by atoms with Crippen LogP contribution in [0.1, 0.15) is 6.42 Å². The monoisotopic (exact) mass is 364 g/mol. The maximum absolute atomic E-state index is 12.1. The van der Waals surface area contributed by atoms with Crippen molar-refractivity contribution in [3.8, 4) is 17.2 Å². The minimum Gasteiger partial charge on any atom is -0.493 e. The number of methoxy groups -OCH3 is 3. The molecule has 2 rings (SSSR count). The second kappa shape index (κ2) is 9.03. The summed E-state index contributed by atoms with van der Waals surface area (Å²) in [7, 11) is 4.58. The number of benzene rings is 2. The van der Waals surface area contributed by atoms with E-state index in [0.717, 1.165) is 5.69 Å². The Bertz CT molecular complexity index is 695. The van der Waals surface area contributed by atoms with E-state index in [1.807, 2.05) is 12.1 Å². The molecule has 0 aliphatic carbocycles. The maximum atomic E-state index is 12.1. The van der Waals surface area contributed by atoms with Gasteiger partial charge in [0.05, 0.1) is 21.3 Å². The highest BCUT2D eigenvalue weighted by molar-refractivity contribution is 6.30. The van der Waals surface area contributed by atoms with Crippen LogP contribution in [-0.4, -0.2) is 33.8 Å². The van der Waals surface area contributed by atoms with E-state index in [0.29, 0.717) is 40.9 Å². The second-order valence-electron chi connectivity index (χ2n) is 5.15. The number of nitrogens with one attached hydrogen (secondary N) is 2. The first kappa shape index (κ1) is 18.7. The second-order valence-corrected chi connectivity index (χ2v) is 5.58. The lowest BCUT2D eigenvalue weighted by atomic mass is 10.2. The fraction of sp³-hybridized carbons (Fsp3) is 0.278. The standard InChI is InChI=1S/C18H21ClN2O4/c1-23-15-10-14(11-16(24-2)18(15)25-3)21-17(22)8-9-20-13-6-4-12(19)5-7-13/h4-7,10-11,20H,8-9H2,1-3H3,(H,21,22). The average Bonchev–Trinajstić information content (AvgIpc) is 2.62. The van der Waals surface area contributed by atoms with Gasteiger partial charge in [-0.05, 0) is 24.3 Å². The highest BCUT2D eigenvalue weighted by atomic mass is 35.5. The Balaban J connectivity index is 1.94. The molecule has 6 nitrogen and oxygen atoms in total. The molecule has 1 amide bonds. The SMILES string of the molecule is COc1cc(NC(=O)CCNc2ccc(Cl)cc2)cc(OC)c1OC. The van der Waals surface area contributed by atoms with Crippen molar-refractivity contribution in [2.24, 2.45) is 0 Å². The van der Waals surface area contributed by atoms with E-state index in [9.17, 15) is 4.79 Å². The quantitative estimate of drug-likeness (QED) is 0.745. The van der Waals surface area contributed by atoms with Gasteiger partial charge in [-0.15, -0.1) is 0 Å². The molecule has 0 radical (unpaired) electrons. The van der Waals surface area contributed by atoms with E-state index in [4.69, 9.17) is 25.8 Å². The van der Waals surface area contributed by atoms with Crippen LogP contribution in [0.25, 0.3) is 0 Å². The third-order valence-electron chi connectivity index (χ3n) is 3.47. The molecule has 0 spiro atoms. The van der Waals surface area contributed by atoms with Crippen LogP contribution in [0.4, 0.5) is 11.4 Å². The van der Waals surface area contributed by atoms with E-state index in [1.165, 1.54) is 21.3 Å². The molecule has 0 aliphatic rings. The number of hydrogen-bond acceptors (Lipinski definition) is 5. The topological polar surface area (TPSA) is 68.8 Å². The zero-order valence-corrected chi connectivity index (χ0v) is 15.1. The molecular weight excluding hydrogens is 344 g/mol. The molecule has 0 fully saturated rings. The lowest BCUT2D eigenvalue weighted by Crippen LogP contribution is -2.16. The molecule has 2 aromatic rings. The first-order valence-electron chi connectivity index (χ1n) is 7.66. The Morgan fingerprint density at radius 1 is 0.960 bits per heavy atom. The van der Waals surface area contributed by atoms with Gasteiger partial charge >= 0.3 is 0 Å². The molecular formula is C18H21ClN2O4. The average molecular weight is 365 g/mol. The Kier molecular flexibility index (Phi) is 6.77. The number of amides is 1. The number of rotatable bonds is 8. The predicted molar refractivity (Wildman–Crippen MR) is 99.3 cm³/mol. The molecule has 134 valence electrons. The third-order valence-corrected chi connectivity index (χ3v) is 3.73. The highest BCUT2D eigenvalue weighted by Crippen LogP contribution is 2.39. The van der Waals surface area contributed by atoms with Gasteiger partial charge in [0.15, 0.2) is 11.5 Å². The third kappa shape index (κ3) is 5.19. The molecule has 2 aromatic carbocycles. The molecule has 0 saturated carbocycles. The Hall–Kier alpha value is -2.60. The van der Waals surface area contributed by atoms with Crippen LogP contribution in [0, 0.1) is 0 Å². The summed E-state index contributed by atoms with van der Waals surface area (Å²) in [5.74, 6) is 1.32. The molecule has 0 aromatic heterocycles. The number of ether oxygens (including phenoxy) is 3. The zero-order chi connectivity index (χ0) is 18.2. The van der Waals surface area contributed by atoms with Gasteiger partial charge < -0.3 is 24.8 Å². The minimum atomic E-state index is -0.129. The Morgan fingerprint density at radius 3 is 2.08 bits per heavy atom. The van der Waals surface area contributed by atoms with Crippen LogP contribution in [0.3, 0.4) is 0 Å². The zero-order valence-electron chi connectivity index (χ0n) is 14.4. The summed E-state index contributed by atoms with van der Waals surface area (Å²) >= 11 is 5.84. The number of anilines is 2. The van der Waals surface area contributed by atoms with Gasteiger partial charge in [0.25, 0.3) is 0 Å². The lowest BCUT2D eigenvalue weighted by molar-refractivity contribution is -0.115. The number of carbonyl (C=O) groups is 1. The van der Waals surface area contributed by atoms with Crippen molar-refractivity contribution >= 4 is 28.9 Å². The Labute approximate surface area is 152 Å². The maximum Gasteiger partial charge on any atom is 0.226 e. The summed E-state index contributed by atoms with van der Waals surface area (Å²) in [6.45, 7) is 0.498. The fourth-order valence-electron chi connectivity index (χ4n) is 2.26. The largest absolute Gasteiger partial charge is 0.493 e. The van der Waals surface area contributed by atoms with Crippen molar-refractivity contribution in [2.75, 3.05) is 38.5 Å². The minimum absolute atomic E-state index is 0.129. The molecule has 2 N–H and O–H groups in total. The van der Waals surface area contributed by atoms with Gasteiger partial charge in [0.2, 0.25) is 11.7 Å². The number of hydrogen-bond donors (Lipinski definition) is 2. The van der Waals surface area contributed by atoms with Gasteiger partial charge in [0, 0.05) is 41.5 Å². The van der Waals surface area contributed by atoms with Crippen molar-refractivity contribution in [2.45, 2.75) is 6.42 Å². The van der Waals surface area contributed by atoms with E-state index < -0.39 is 0 Å². The summed E-state index contributed by atoms with van der Waals surface area (Å²) in [6, 6.07) is 10.7. The summed E-state index contributed by atoms with van der Waals surface area (Å²) in [4.78, 5) is 12.1. The normalized spacial score (nSPS) is 10.1. The van der Waals surface area contributed by atoms with Crippen LogP contribution >= 0.6 is 11.6 Å². The molecule has 0 saturated heterocycles. The molecule has 0 heterocycles. The number of halogens is 1. The molecule has 0 aliphatic heterocycles. The van der Waals surface area contributed by atoms with Crippen molar-refractivity contribution in [1.29, 1.82) is 0 Å². The van der Waals surface area contributed by atoms with E-state index in [-0.39, 0.29) is 5.91 Å². The van der Waals surface area contributed by atoms with E-state index in [1.54, 1.807) is 24.3 Å². The van der Waals surface area contributed by atoms with Gasteiger partial charge in [-0.25, -0.2) is 0 Å². The van der Waals surface area contributed by atoms with Crippen LogP contribution in [0.2, 0.25) is 5.02 Å². The van der Waals surface area contributed by atoms with Gasteiger partial charge in [0.1, 0.15) is 0 Å². The van der Waals surface area contributed by atoms with Crippen LogP contribution < -0.4 is 24.8 Å². The molecule has 0 bridgehead atoms. The van der Waals surface area contributed by atoms with E-state index >= 15 is 0 Å². The van der Waals surface area contributed by atoms with Crippen LogP contribution in [0.15, 0.2) is 36.4 Å². The van der Waals surface area contributed by atoms with E-state index in [2.05, 4.69) is 10.6 Å². The van der Waals surface area contributed by atoms with Crippen molar-refractivity contribution in [3.63, 3.8) is 0 Å². The molecule has 25 heavy (non-hydrogen) atoms. The smallest absolute Gasteiger partial charge is 0.226 e. The van der Waals surface area contributed by atoms with Gasteiger partial charge in [-0.1, -0.05) is 11.6 Å². The van der Waals surface area contributed by atoms with Crippen LogP contribution in [-0.2, 0) is 4.79 Å². The molecule has 7 heteroatoms. The summed E-state index contributed by atoms with van der Waals surface area (Å²) in [6.07, 6.45) is 0.305. The van der Waals surface area contributed by atoms with Crippen LogP contribution in [0.5, 0.6) is 17.2 Å². The number of carbonyl (C=O) groups excluding carboxylic acids is 1. The van der Waals surface area contributed by atoms with Crippen molar-refractivity contribution < 1.29 is 19.0 Å². The van der Waals surface area contributed by atoms with Gasteiger partial charge in [-0.2, -0.15) is 0 Å². The first-order valence-corrected chi connectivity index (χ1v) is 8.04. The van der Waals surface area contributed by atoms with Gasteiger partial charge in [-0.3, -0.25) is 4.79 Å². The fourth-order valence-corrected chi connectivity index (χ4v) is 2.39. The Morgan fingerprint density at radius 2 is 1.56 bits per heavy atom. The highest BCUT2D eigenvalue weighted by Gasteiger charge is 2.14.